The van der Waals surface area contributed by atoms with Crippen LogP contribution < -0.4 is 22.1 Å². The number of aromatic nitrogens is 3. The van der Waals surface area contributed by atoms with E-state index in [4.69, 9.17) is 11.5 Å². The van der Waals surface area contributed by atoms with Crippen LogP contribution in [-0.2, 0) is 6.54 Å². The number of para-hydroxylation sites is 2. The second-order valence-corrected chi connectivity index (χ2v) is 8.18. The van der Waals surface area contributed by atoms with Gasteiger partial charge in [-0.3, -0.25) is 9.59 Å². The maximum absolute atomic E-state index is 12.7. The van der Waals surface area contributed by atoms with E-state index in [1.54, 1.807) is 48.5 Å². The zero-order chi connectivity index (χ0) is 25.1. The van der Waals surface area contributed by atoms with Gasteiger partial charge in [-0.2, -0.15) is 0 Å². The Morgan fingerprint density at radius 1 is 0.778 bits per heavy atom. The molecule has 0 aliphatic heterocycles. The van der Waals surface area contributed by atoms with Crippen LogP contribution in [0.4, 0.5) is 17.2 Å². The maximum atomic E-state index is 12.7. The summed E-state index contributed by atoms with van der Waals surface area (Å²) in [6, 6.07) is 27.6. The van der Waals surface area contributed by atoms with Gasteiger partial charge >= 0.3 is 0 Å². The van der Waals surface area contributed by atoms with Crippen LogP contribution in [0.5, 0.6) is 0 Å². The summed E-state index contributed by atoms with van der Waals surface area (Å²) >= 11 is 0. The summed E-state index contributed by atoms with van der Waals surface area (Å²) in [4.78, 5) is 26.6. The van der Waals surface area contributed by atoms with E-state index in [9.17, 15) is 9.59 Å². The number of rotatable bonds is 6. The summed E-state index contributed by atoms with van der Waals surface area (Å²) < 4.78 is 0. The number of benzene rings is 4. The fraction of sp³-hybridized carbons (Fsp3) is 0.0370. The number of nitrogen functional groups attached to an aromatic ring is 2. The molecule has 6 N–H and O–H groups in total. The van der Waals surface area contributed by atoms with Crippen molar-refractivity contribution in [3.63, 3.8) is 0 Å². The molecular formula is C27H23N7O2. The number of fused-ring (bicyclic) bond motifs is 1. The van der Waals surface area contributed by atoms with Crippen LogP contribution in [-0.4, -0.2) is 26.8 Å². The number of hydrogen-bond acceptors (Lipinski definition) is 6. The molecule has 0 aliphatic rings. The Morgan fingerprint density at radius 3 is 2.28 bits per heavy atom. The van der Waals surface area contributed by atoms with Gasteiger partial charge in [0.2, 0.25) is 0 Å². The molecule has 1 heterocycles. The molecule has 178 valence electrons. The molecular weight excluding hydrogens is 454 g/mol. The Morgan fingerprint density at radius 2 is 1.50 bits per heavy atom. The first-order chi connectivity index (χ1) is 17.5. The molecule has 36 heavy (non-hydrogen) atoms. The summed E-state index contributed by atoms with van der Waals surface area (Å²) in [5.74, 6) is -0.685. The number of nitrogens with one attached hydrogen (secondary N) is 2. The van der Waals surface area contributed by atoms with Crippen LogP contribution >= 0.6 is 0 Å². The van der Waals surface area contributed by atoms with Gasteiger partial charge in [0.1, 0.15) is 0 Å². The summed E-state index contributed by atoms with van der Waals surface area (Å²) in [5.41, 5.74) is 14.9. The third-order valence-electron chi connectivity index (χ3n) is 5.70. The molecule has 4 aromatic carbocycles. The second-order valence-electron chi connectivity index (χ2n) is 8.18. The number of nitrogens with zero attached hydrogens (tertiary/aromatic N) is 3. The third kappa shape index (κ3) is 4.71. The van der Waals surface area contributed by atoms with Crippen LogP contribution in [0.1, 0.15) is 26.4 Å². The highest BCUT2D eigenvalue weighted by Gasteiger charge is 2.17. The zero-order valence-electron chi connectivity index (χ0n) is 19.2. The Balaban J connectivity index is 1.23. The topological polar surface area (TPSA) is 141 Å². The number of hydrogen-bond donors (Lipinski definition) is 4. The number of amides is 2. The lowest BCUT2D eigenvalue weighted by Crippen LogP contribution is -2.24. The van der Waals surface area contributed by atoms with E-state index in [1.165, 1.54) is 4.80 Å². The van der Waals surface area contributed by atoms with Crippen molar-refractivity contribution in [2.75, 3.05) is 16.8 Å². The minimum absolute atomic E-state index is 0.0351. The molecule has 0 fully saturated rings. The minimum Gasteiger partial charge on any atom is -0.397 e. The number of carbonyl (C=O) groups excluding carboxylic acids is 2. The largest absolute Gasteiger partial charge is 0.397 e. The molecule has 0 saturated carbocycles. The van der Waals surface area contributed by atoms with Gasteiger partial charge < -0.3 is 22.1 Å². The van der Waals surface area contributed by atoms with Crippen molar-refractivity contribution in [3.05, 3.63) is 108 Å². The first kappa shape index (κ1) is 22.6. The van der Waals surface area contributed by atoms with Gasteiger partial charge in [-0.1, -0.05) is 54.6 Å². The molecule has 9 heteroatoms. The van der Waals surface area contributed by atoms with Gasteiger partial charge in [0.25, 0.3) is 11.8 Å². The summed E-state index contributed by atoms with van der Waals surface area (Å²) in [5, 5.41) is 16.2. The van der Waals surface area contributed by atoms with Crippen LogP contribution in [0, 0.1) is 0 Å². The van der Waals surface area contributed by atoms with E-state index in [0.717, 1.165) is 16.3 Å². The Kier molecular flexibility index (Phi) is 6.02. The normalized spacial score (nSPS) is 10.8. The highest BCUT2D eigenvalue weighted by atomic mass is 16.2. The Bertz CT molecular complexity index is 1580. The molecule has 5 aromatic rings. The van der Waals surface area contributed by atoms with Crippen molar-refractivity contribution in [2.24, 2.45) is 0 Å². The van der Waals surface area contributed by atoms with Crippen molar-refractivity contribution >= 4 is 39.8 Å². The van der Waals surface area contributed by atoms with E-state index in [2.05, 4.69) is 20.8 Å². The smallest absolute Gasteiger partial charge is 0.275 e. The molecule has 2 amide bonds. The average Bonchev–Trinajstić information content (AvgIpc) is 3.30. The minimum atomic E-state index is -0.444. The molecule has 0 unspecified atom stereocenters. The fourth-order valence-corrected chi connectivity index (χ4v) is 3.74. The zero-order valence-corrected chi connectivity index (χ0v) is 19.2. The number of nitrogens with two attached hydrogens (primary N) is 2. The highest BCUT2D eigenvalue weighted by molar-refractivity contribution is 6.05. The van der Waals surface area contributed by atoms with Crippen LogP contribution in [0.3, 0.4) is 0 Å². The van der Waals surface area contributed by atoms with E-state index in [1.807, 2.05) is 42.5 Å². The van der Waals surface area contributed by atoms with Crippen LogP contribution in [0.15, 0.2) is 91.0 Å². The van der Waals surface area contributed by atoms with Gasteiger partial charge in [0.05, 0.1) is 17.1 Å². The lowest BCUT2D eigenvalue weighted by Gasteiger charge is -2.09. The molecule has 9 nitrogen and oxygen atoms in total. The molecule has 0 aliphatic carbocycles. The molecule has 0 spiro atoms. The van der Waals surface area contributed by atoms with E-state index < -0.39 is 5.91 Å². The molecule has 0 atom stereocenters. The van der Waals surface area contributed by atoms with Crippen molar-refractivity contribution in [2.45, 2.75) is 6.54 Å². The molecule has 5 rings (SSSR count). The second kappa shape index (κ2) is 9.59. The standard InChI is InChI=1S/C27H23N7O2/c28-22-7-3-4-8-23(22)31-26(35)19-11-9-17(10-12-19)16-30-27(36)24-25(29)33-34(32-24)21-14-13-18-5-1-2-6-20(18)15-21/h1-15H,16,28H2,(H2,29,33)(H,30,36)(H,31,35). The van der Waals surface area contributed by atoms with E-state index in [-0.39, 0.29) is 24.0 Å². The predicted molar refractivity (Wildman–Crippen MR) is 140 cm³/mol. The first-order valence-electron chi connectivity index (χ1n) is 11.2. The van der Waals surface area contributed by atoms with Crippen molar-refractivity contribution in [1.29, 1.82) is 0 Å². The SMILES string of the molecule is Nc1ccccc1NC(=O)c1ccc(CNC(=O)c2nn(-c3ccc4ccccc4c3)nc2N)cc1. The van der Waals surface area contributed by atoms with Crippen LogP contribution in [0.2, 0.25) is 0 Å². The molecule has 1 aromatic heterocycles. The lowest BCUT2D eigenvalue weighted by atomic mass is 10.1. The summed E-state index contributed by atoms with van der Waals surface area (Å²) in [6.07, 6.45) is 0. The summed E-state index contributed by atoms with van der Waals surface area (Å²) in [7, 11) is 0. The van der Waals surface area contributed by atoms with Gasteiger partial charge in [0, 0.05) is 12.1 Å². The predicted octanol–water partition coefficient (Wildman–Crippen LogP) is 3.77. The van der Waals surface area contributed by atoms with Gasteiger partial charge in [-0.25, -0.2) is 0 Å². The third-order valence-corrected chi connectivity index (χ3v) is 5.70. The Labute approximate surface area is 206 Å². The van der Waals surface area contributed by atoms with Gasteiger partial charge in [0.15, 0.2) is 11.5 Å². The number of anilines is 3. The quantitative estimate of drug-likeness (QED) is 0.274. The summed E-state index contributed by atoms with van der Waals surface area (Å²) in [6.45, 7) is 0.231. The lowest BCUT2D eigenvalue weighted by molar-refractivity contribution is 0.0945. The number of carbonyl (C=O) groups is 2. The first-order valence-corrected chi connectivity index (χ1v) is 11.2. The van der Waals surface area contributed by atoms with Gasteiger partial charge in [-0.15, -0.1) is 15.0 Å². The molecule has 0 radical (unpaired) electrons. The van der Waals surface area contributed by atoms with Crippen molar-refractivity contribution < 1.29 is 9.59 Å². The van der Waals surface area contributed by atoms with E-state index >= 15 is 0 Å². The van der Waals surface area contributed by atoms with Gasteiger partial charge in [-0.05, 0) is 52.7 Å². The molecule has 0 bridgehead atoms. The fourth-order valence-electron chi connectivity index (χ4n) is 3.74. The van der Waals surface area contributed by atoms with E-state index in [0.29, 0.717) is 22.6 Å². The molecule has 0 saturated heterocycles. The average molecular weight is 478 g/mol. The highest BCUT2D eigenvalue weighted by Crippen LogP contribution is 2.20. The van der Waals surface area contributed by atoms with Crippen LogP contribution in [0.25, 0.3) is 16.5 Å². The monoisotopic (exact) mass is 477 g/mol. The van der Waals surface area contributed by atoms with Crippen molar-refractivity contribution in [1.82, 2.24) is 20.3 Å². The Hall–Kier alpha value is -5.18. The maximum Gasteiger partial charge on any atom is 0.275 e. The van der Waals surface area contributed by atoms with Crippen molar-refractivity contribution in [3.8, 4) is 5.69 Å².